The van der Waals surface area contributed by atoms with E-state index >= 15 is 0 Å². The quantitative estimate of drug-likeness (QED) is 0.692. The zero-order chi connectivity index (χ0) is 10.8. The Morgan fingerprint density at radius 1 is 1.00 bits per heavy atom. The number of imidazole rings is 1. The average Bonchev–Trinajstić information content (AvgIpc) is 2.77. The van der Waals surface area contributed by atoms with Crippen LogP contribution < -0.4 is 5.32 Å². The van der Waals surface area contributed by atoms with Crippen molar-refractivity contribution in [1.82, 2.24) is 24.6 Å². The molecule has 78 valence electrons. The van der Waals surface area contributed by atoms with Crippen LogP contribution in [0.3, 0.4) is 0 Å². The number of nitrogens with zero attached hydrogens (tertiary/aromatic N) is 5. The number of hydrogen-bond donors (Lipinski definition) is 1. The van der Waals surface area contributed by atoms with Crippen LogP contribution in [0.4, 0.5) is 11.6 Å². The third-order valence-corrected chi connectivity index (χ3v) is 2.07. The zero-order valence-electron chi connectivity index (χ0n) is 8.28. The summed E-state index contributed by atoms with van der Waals surface area (Å²) in [6.45, 7) is 0. The van der Waals surface area contributed by atoms with E-state index in [1.54, 1.807) is 35.5 Å². The molecule has 1 N–H and O–H groups in total. The molecule has 0 saturated heterocycles. The van der Waals surface area contributed by atoms with Crippen LogP contribution in [0.5, 0.6) is 0 Å². The maximum atomic E-state index is 4.31. The maximum Gasteiger partial charge on any atom is 0.153 e. The summed E-state index contributed by atoms with van der Waals surface area (Å²) >= 11 is 0. The van der Waals surface area contributed by atoms with Gasteiger partial charge in [0.05, 0.1) is 6.20 Å². The van der Waals surface area contributed by atoms with Crippen LogP contribution in [0.1, 0.15) is 0 Å². The fraction of sp³-hybridized carbons (Fsp3) is 0. The van der Waals surface area contributed by atoms with Gasteiger partial charge in [0.15, 0.2) is 11.5 Å². The van der Waals surface area contributed by atoms with E-state index in [1.165, 1.54) is 0 Å². The molecule has 6 heteroatoms. The summed E-state index contributed by atoms with van der Waals surface area (Å²) < 4.78 is 1.69. The maximum absolute atomic E-state index is 4.31. The van der Waals surface area contributed by atoms with E-state index in [1.807, 2.05) is 12.1 Å². The molecule has 0 aliphatic carbocycles. The number of anilines is 2. The molecule has 0 bridgehead atoms. The predicted molar refractivity (Wildman–Crippen MR) is 58.3 cm³/mol. The van der Waals surface area contributed by atoms with E-state index in [-0.39, 0.29) is 0 Å². The first-order valence-corrected chi connectivity index (χ1v) is 4.75. The molecule has 3 rings (SSSR count). The lowest BCUT2D eigenvalue weighted by atomic mass is 10.5. The topological polar surface area (TPSA) is 68.0 Å². The fourth-order valence-electron chi connectivity index (χ4n) is 1.38. The van der Waals surface area contributed by atoms with Crippen molar-refractivity contribution in [1.29, 1.82) is 0 Å². The van der Waals surface area contributed by atoms with Gasteiger partial charge < -0.3 is 5.32 Å². The first kappa shape index (κ1) is 8.78. The Morgan fingerprint density at radius 2 is 2.00 bits per heavy atom. The van der Waals surface area contributed by atoms with Crippen LogP contribution in [0.2, 0.25) is 0 Å². The molecule has 0 atom stereocenters. The van der Waals surface area contributed by atoms with Crippen LogP contribution >= 0.6 is 0 Å². The molecule has 0 fully saturated rings. The first-order valence-electron chi connectivity index (χ1n) is 4.75. The molecule has 3 aromatic rings. The van der Waals surface area contributed by atoms with Gasteiger partial charge in [-0.3, -0.25) is 4.98 Å². The minimum absolute atomic E-state index is 0.662. The van der Waals surface area contributed by atoms with Crippen molar-refractivity contribution in [3.8, 4) is 0 Å². The molecule has 0 unspecified atom stereocenters. The SMILES string of the molecule is c1cnc(Nc2ccc3nccn3n2)cn1. The summed E-state index contributed by atoms with van der Waals surface area (Å²) in [4.78, 5) is 12.2. The summed E-state index contributed by atoms with van der Waals surface area (Å²) in [7, 11) is 0. The van der Waals surface area contributed by atoms with Crippen molar-refractivity contribution in [2.24, 2.45) is 0 Å². The normalized spacial score (nSPS) is 10.5. The molecule has 0 amide bonds. The second kappa shape index (κ2) is 3.58. The molecule has 0 aliphatic heterocycles. The highest BCUT2D eigenvalue weighted by Gasteiger charge is 1.99. The number of rotatable bonds is 2. The van der Waals surface area contributed by atoms with Crippen molar-refractivity contribution >= 4 is 17.3 Å². The largest absolute Gasteiger partial charge is 0.322 e. The van der Waals surface area contributed by atoms with Gasteiger partial charge in [0.25, 0.3) is 0 Å². The number of fused-ring (bicyclic) bond motifs is 1. The number of aromatic nitrogens is 5. The van der Waals surface area contributed by atoms with Gasteiger partial charge in [-0.15, -0.1) is 5.10 Å². The van der Waals surface area contributed by atoms with Crippen LogP contribution in [0.15, 0.2) is 43.1 Å². The summed E-state index contributed by atoms with van der Waals surface area (Å²) in [6.07, 6.45) is 8.38. The summed E-state index contributed by atoms with van der Waals surface area (Å²) in [5.41, 5.74) is 0.810. The van der Waals surface area contributed by atoms with Gasteiger partial charge in [-0.2, -0.15) is 0 Å². The molecule has 0 saturated carbocycles. The highest BCUT2D eigenvalue weighted by Crippen LogP contribution is 2.10. The Kier molecular flexibility index (Phi) is 1.96. The van der Waals surface area contributed by atoms with E-state index in [0.29, 0.717) is 11.6 Å². The van der Waals surface area contributed by atoms with Crippen molar-refractivity contribution in [3.63, 3.8) is 0 Å². The van der Waals surface area contributed by atoms with Gasteiger partial charge in [0, 0.05) is 24.8 Å². The molecule has 0 aliphatic rings. The summed E-state index contributed by atoms with van der Waals surface area (Å²) in [5.74, 6) is 1.36. The lowest BCUT2D eigenvalue weighted by molar-refractivity contribution is 0.940. The average molecular weight is 212 g/mol. The Bertz CT molecular complexity index is 603. The molecular formula is C10H8N6. The number of nitrogens with one attached hydrogen (secondary N) is 1. The van der Waals surface area contributed by atoms with Crippen molar-refractivity contribution < 1.29 is 0 Å². The number of hydrogen-bond acceptors (Lipinski definition) is 5. The van der Waals surface area contributed by atoms with Gasteiger partial charge in [-0.25, -0.2) is 14.5 Å². The minimum Gasteiger partial charge on any atom is -0.322 e. The summed E-state index contributed by atoms with van der Waals surface area (Å²) in [6, 6.07) is 3.72. The van der Waals surface area contributed by atoms with E-state index in [4.69, 9.17) is 0 Å². The molecule has 0 aromatic carbocycles. The standard InChI is InChI=1S/C10H8N6/c1-2-10-13-5-6-16(10)15-8(1)14-9-7-11-3-4-12-9/h1-7H,(H,12,14,15). The van der Waals surface area contributed by atoms with E-state index in [9.17, 15) is 0 Å². The van der Waals surface area contributed by atoms with Crippen LogP contribution in [-0.2, 0) is 0 Å². The molecule has 3 heterocycles. The molecule has 6 nitrogen and oxygen atoms in total. The second-order valence-corrected chi connectivity index (χ2v) is 3.16. The van der Waals surface area contributed by atoms with Gasteiger partial charge in [0.1, 0.15) is 5.82 Å². The Labute approximate surface area is 91.0 Å². The first-order chi connectivity index (χ1) is 7.92. The van der Waals surface area contributed by atoms with Gasteiger partial charge >= 0.3 is 0 Å². The minimum atomic E-state index is 0.662. The monoisotopic (exact) mass is 212 g/mol. The third kappa shape index (κ3) is 1.56. The smallest absolute Gasteiger partial charge is 0.153 e. The van der Waals surface area contributed by atoms with Crippen LogP contribution in [-0.4, -0.2) is 24.6 Å². The van der Waals surface area contributed by atoms with Gasteiger partial charge in [0.2, 0.25) is 0 Å². The van der Waals surface area contributed by atoms with Gasteiger partial charge in [-0.05, 0) is 12.1 Å². The lowest BCUT2D eigenvalue weighted by Gasteiger charge is -2.03. The lowest BCUT2D eigenvalue weighted by Crippen LogP contribution is -1.99. The predicted octanol–water partition coefficient (Wildman–Crippen LogP) is 1.26. The second-order valence-electron chi connectivity index (χ2n) is 3.16. The summed E-state index contributed by atoms with van der Waals surface area (Å²) in [5, 5.41) is 7.36. The zero-order valence-corrected chi connectivity index (χ0v) is 8.28. The molecule has 3 aromatic heterocycles. The fourth-order valence-corrected chi connectivity index (χ4v) is 1.38. The van der Waals surface area contributed by atoms with E-state index < -0.39 is 0 Å². The van der Waals surface area contributed by atoms with Gasteiger partial charge in [-0.1, -0.05) is 0 Å². The highest BCUT2D eigenvalue weighted by atomic mass is 15.3. The van der Waals surface area contributed by atoms with Crippen LogP contribution in [0.25, 0.3) is 5.65 Å². The van der Waals surface area contributed by atoms with E-state index in [0.717, 1.165) is 5.65 Å². The van der Waals surface area contributed by atoms with E-state index in [2.05, 4.69) is 25.4 Å². The van der Waals surface area contributed by atoms with Crippen LogP contribution in [0, 0.1) is 0 Å². The Hall–Kier alpha value is -2.50. The molecule has 0 radical (unpaired) electrons. The molecular weight excluding hydrogens is 204 g/mol. The highest BCUT2D eigenvalue weighted by molar-refractivity contribution is 5.52. The Morgan fingerprint density at radius 3 is 2.88 bits per heavy atom. The van der Waals surface area contributed by atoms with Crippen molar-refractivity contribution in [2.45, 2.75) is 0 Å². The van der Waals surface area contributed by atoms with Crippen molar-refractivity contribution in [2.75, 3.05) is 5.32 Å². The molecule has 16 heavy (non-hydrogen) atoms. The molecule has 0 spiro atoms. The van der Waals surface area contributed by atoms with Crippen molar-refractivity contribution in [3.05, 3.63) is 43.1 Å². The Balaban J connectivity index is 1.94. The third-order valence-electron chi connectivity index (χ3n) is 2.07.